The Kier molecular flexibility index (Phi) is 7.37. The van der Waals surface area contributed by atoms with Crippen molar-refractivity contribution in [3.8, 4) is 0 Å². The molecule has 0 radical (unpaired) electrons. The van der Waals surface area contributed by atoms with Gasteiger partial charge in [0.1, 0.15) is 0 Å². The minimum absolute atomic E-state index is 0.741. The summed E-state index contributed by atoms with van der Waals surface area (Å²) < 4.78 is 0. The number of likely N-dealkylation sites (N-methyl/N-ethyl adjacent to an activating group) is 2. The van der Waals surface area contributed by atoms with Crippen LogP contribution in [0, 0.1) is 0 Å². The zero-order chi connectivity index (χ0) is 15.8. The van der Waals surface area contributed by atoms with E-state index in [1.165, 1.54) is 57.4 Å². The molecule has 0 spiro atoms. The van der Waals surface area contributed by atoms with E-state index in [2.05, 4.69) is 66.2 Å². The van der Waals surface area contributed by atoms with Gasteiger partial charge in [0.15, 0.2) is 0 Å². The van der Waals surface area contributed by atoms with E-state index < -0.39 is 0 Å². The summed E-state index contributed by atoms with van der Waals surface area (Å²) in [6, 6.07) is 11.6. The largest absolute Gasteiger partial charge is 0.308 e. The molecule has 1 aliphatic rings. The molecule has 3 nitrogen and oxygen atoms in total. The molecule has 0 bridgehead atoms. The Morgan fingerprint density at radius 1 is 1.09 bits per heavy atom. The zero-order valence-corrected chi connectivity index (χ0v) is 14.7. The molecule has 1 unspecified atom stereocenters. The van der Waals surface area contributed by atoms with Gasteiger partial charge in [-0.15, -0.1) is 0 Å². The monoisotopic (exact) mass is 303 g/mol. The van der Waals surface area contributed by atoms with Crippen LogP contribution in [0.5, 0.6) is 0 Å². The van der Waals surface area contributed by atoms with Crippen LogP contribution >= 0.6 is 0 Å². The van der Waals surface area contributed by atoms with Crippen molar-refractivity contribution in [2.24, 2.45) is 0 Å². The fraction of sp³-hybridized carbons (Fsp3) is 0.684. The molecule has 22 heavy (non-hydrogen) atoms. The van der Waals surface area contributed by atoms with Crippen LogP contribution in [0.25, 0.3) is 0 Å². The van der Waals surface area contributed by atoms with Crippen LogP contribution < -0.4 is 0 Å². The van der Waals surface area contributed by atoms with Crippen molar-refractivity contribution in [1.29, 1.82) is 0 Å². The first-order valence-corrected chi connectivity index (χ1v) is 8.76. The van der Waals surface area contributed by atoms with Crippen molar-refractivity contribution in [1.82, 2.24) is 14.7 Å². The van der Waals surface area contributed by atoms with Gasteiger partial charge in [0.25, 0.3) is 0 Å². The Bertz CT molecular complexity index is 404. The Morgan fingerprint density at radius 3 is 2.59 bits per heavy atom. The Labute approximate surface area is 136 Å². The third-order valence-electron chi connectivity index (χ3n) is 4.79. The molecule has 3 heteroatoms. The summed E-state index contributed by atoms with van der Waals surface area (Å²) >= 11 is 0. The number of rotatable bonds is 8. The second-order valence-electron chi connectivity index (χ2n) is 6.97. The van der Waals surface area contributed by atoms with Gasteiger partial charge in [-0.3, -0.25) is 0 Å². The maximum absolute atomic E-state index is 2.67. The summed E-state index contributed by atoms with van der Waals surface area (Å²) in [5, 5.41) is 0. The topological polar surface area (TPSA) is 9.72 Å². The fourth-order valence-electron chi connectivity index (χ4n) is 3.29. The third kappa shape index (κ3) is 6.07. The highest BCUT2D eigenvalue weighted by Gasteiger charge is 2.22. The van der Waals surface area contributed by atoms with E-state index in [9.17, 15) is 0 Å². The lowest BCUT2D eigenvalue weighted by molar-refractivity contribution is 0.110. The molecular weight excluding hydrogens is 270 g/mol. The Morgan fingerprint density at radius 2 is 1.86 bits per heavy atom. The normalized spacial score (nSPS) is 20.0. The van der Waals surface area contributed by atoms with Crippen LogP contribution in [0.2, 0.25) is 0 Å². The Balaban J connectivity index is 1.69. The number of hydrogen-bond acceptors (Lipinski definition) is 3. The van der Waals surface area contributed by atoms with Crippen molar-refractivity contribution in [3.05, 3.63) is 35.9 Å². The highest BCUT2D eigenvalue weighted by molar-refractivity contribution is 5.14. The highest BCUT2D eigenvalue weighted by Crippen LogP contribution is 2.15. The molecule has 1 aromatic carbocycles. The van der Waals surface area contributed by atoms with Gasteiger partial charge in [-0.05, 0) is 65.5 Å². The average Bonchev–Trinajstić information content (AvgIpc) is 2.54. The SMILES string of the molecule is CN(C)CCN(C)C1CCCN(CCCc2ccccc2)C1. The van der Waals surface area contributed by atoms with Gasteiger partial charge in [-0.2, -0.15) is 0 Å². The average molecular weight is 303 g/mol. The molecule has 124 valence electrons. The molecule has 1 heterocycles. The van der Waals surface area contributed by atoms with Gasteiger partial charge in [0.2, 0.25) is 0 Å². The lowest BCUT2D eigenvalue weighted by Crippen LogP contribution is -2.48. The summed E-state index contributed by atoms with van der Waals surface area (Å²) in [4.78, 5) is 7.50. The maximum Gasteiger partial charge on any atom is 0.0221 e. The standard InChI is InChI=1S/C19H33N3/c1-20(2)15-16-21(3)19-12-8-14-22(17-19)13-7-11-18-9-5-4-6-10-18/h4-6,9-10,19H,7-8,11-17H2,1-3H3. The van der Waals surface area contributed by atoms with Crippen molar-refractivity contribution < 1.29 is 0 Å². The molecule has 1 aliphatic heterocycles. The molecule has 1 fully saturated rings. The number of nitrogens with zero attached hydrogens (tertiary/aromatic N) is 3. The summed E-state index contributed by atoms with van der Waals surface area (Å²) in [6.07, 6.45) is 5.19. The number of hydrogen-bond donors (Lipinski definition) is 0. The molecule has 0 aromatic heterocycles. The number of piperidine rings is 1. The van der Waals surface area contributed by atoms with Crippen LogP contribution in [0.1, 0.15) is 24.8 Å². The van der Waals surface area contributed by atoms with Gasteiger partial charge in [0.05, 0.1) is 0 Å². The number of likely N-dealkylation sites (tertiary alicyclic amines) is 1. The van der Waals surface area contributed by atoms with Gasteiger partial charge in [-0.1, -0.05) is 30.3 Å². The highest BCUT2D eigenvalue weighted by atomic mass is 15.2. The summed E-state index contributed by atoms with van der Waals surface area (Å²) in [5.74, 6) is 0. The van der Waals surface area contributed by atoms with E-state index in [-0.39, 0.29) is 0 Å². The Hall–Kier alpha value is -0.900. The molecule has 0 amide bonds. The van der Waals surface area contributed by atoms with Crippen LogP contribution in [-0.2, 0) is 6.42 Å². The van der Waals surface area contributed by atoms with Crippen LogP contribution in [0.3, 0.4) is 0 Å². The molecular formula is C19H33N3. The lowest BCUT2D eigenvalue weighted by Gasteiger charge is -2.38. The minimum atomic E-state index is 0.741. The summed E-state index contributed by atoms with van der Waals surface area (Å²) in [6.45, 7) is 6.11. The second-order valence-corrected chi connectivity index (χ2v) is 6.97. The van der Waals surface area contributed by atoms with Gasteiger partial charge >= 0.3 is 0 Å². The zero-order valence-electron chi connectivity index (χ0n) is 14.7. The van der Waals surface area contributed by atoms with Gasteiger partial charge in [-0.25, -0.2) is 0 Å². The molecule has 0 N–H and O–H groups in total. The summed E-state index contributed by atoms with van der Waals surface area (Å²) in [7, 11) is 6.61. The number of aryl methyl sites for hydroxylation is 1. The number of benzene rings is 1. The predicted octanol–water partition coefficient (Wildman–Crippen LogP) is 2.58. The van der Waals surface area contributed by atoms with Gasteiger partial charge in [0, 0.05) is 25.7 Å². The van der Waals surface area contributed by atoms with E-state index in [0.717, 1.165) is 12.6 Å². The van der Waals surface area contributed by atoms with E-state index >= 15 is 0 Å². The van der Waals surface area contributed by atoms with Crippen LogP contribution in [0.15, 0.2) is 30.3 Å². The summed E-state index contributed by atoms with van der Waals surface area (Å²) in [5.41, 5.74) is 1.47. The fourth-order valence-corrected chi connectivity index (χ4v) is 3.29. The predicted molar refractivity (Wildman–Crippen MR) is 95.4 cm³/mol. The molecule has 0 saturated carbocycles. The molecule has 0 aliphatic carbocycles. The second kappa shape index (κ2) is 9.29. The van der Waals surface area contributed by atoms with E-state index in [4.69, 9.17) is 0 Å². The molecule has 1 atom stereocenters. The van der Waals surface area contributed by atoms with Crippen molar-refractivity contribution in [2.75, 3.05) is 53.9 Å². The minimum Gasteiger partial charge on any atom is -0.308 e. The first kappa shape index (κ1) is 17.5. The smallest absolute Gasteiger partial charge is 0.0221 e. The van der Waals surface area contributed by atoms with Crippen LogP contribution in [0.4, 0.5) is 0 Å². The molecule has 2 rings (SSSR count). The van der Waals surface area contributed by atoms with Crippen LogP contribution in [-0.4, -0.2) is 74.6 Å². The van der Waals surface area contributed by atoms with Crippen molar-refractivity contribution >= 4 is 0 Å². The quantitative estimate of drug-likeness (QED) is 0.731. The van der Waals surface area contributed by atoms with E-state index in [1.807, 2.05) is 0 Å². The van der Waals surface area contributed by atoms with Crippen molar-refractivity contribution in [2.45, 2.75) is 31.7 Å². The molecule has 1 aromatic rings. The van der Waals surface area contributed by atoms with Crippen molar-refractivity contribution in [3.63, 3.8) is 0 Å². The molecule has 1 saturated heterocycles. The van der Waals surface area contributed by atoms with Gasteiger partial charge < -0.3 is 14.7 Å². The van der Waals surface area contributed by atoms with E-state index in [1.54, 1.807) is 0 Å². The lowest BCUT2D eigenvalue weighted by atomic mass is 10.0. The first-order valence-electron chi connectivity index (χ1n) is 8.76. The first-order chi connectivity index (χ1) is 10.6. The third-order valence-corrected chi connectivity index (χ3v) is 4.79. The maximum atomic E-state index is 2.67. The van der Waals surface area contributed by atoms with E-state index in [0.29, 0.717) is 0 Å².